The Labute approximate surface area is 112 Å². The lowest BCUT2D eigenvalue weighted by molar-refractivity contribution is -0.139. The molecular weight excluding hydrogens is 277 g/mol. The van der Waals surface area contributed by atoms with Gasteiger partial charge in [0, 0.05) is 25.1 Å². The minimum absolute atomic E-state index is 0.0188. The van der Waals surface area contributed by atoms with Gasteiger partial charge in [-0.25, -0.2) is 4.79 Å². The molecule has 0 aliphatic carbocycles. The molecule has 1 aliphatic heterocycles. The van der Waals surface area contributed by atoms with Gasteiger partial charge in [0.2, 0.25) is 0 Å². The highest BCUT2D eigenvalue weighted by atomic mass is 19.4. The summed E-state index contributed by atoms with van der Waals surface area (Å²) in [6, 6.07) is 2.15. The van der Waals surface area contributed by atoms with Crippen LogP contribution in [0, 0.1) is 0 Å². The lowest BCUT2D eigenvalue weighted by Gasteiger charge is -2.34. The van der Waals surface area contributed by atoms with Gasteiger partial charge in [-0.1, -0.05) is 0 Å². The molecule has 1 fully saturated rings. The number of hydrogen-bond acceptors (Lipinski definition) is 3. The zero-order chi connectivity index (χ0) is 14.9. The van der Waals surface area contributed by atoms with E-state index in [-0.39, 0.29) is 25.1 Å². The standard InChI is InChI=1S/C12H13F3N2O3/c13-12(14,15)8-2-1-4-16-10(8)7-3-5-17(11(19)20)9(18)6-7/h1-2,4,7,9,18H,3,5-6H2,(H,19,20). The van der Waals surface area contributed by atoms with Crippen LogP contribution in [0.5, 0.6) is 0 Å². The largest absolute Gasteiger partial charge is 0.465 e. The number of hydrogen-bond donors (Lipinski definition) is 2. The summed E-state index contributed by atoms with van der Waals surface area (Å²) in [4.78, 5) is 15.4. The molecule has 1 aromatic heterocycles. The van der Waals surface area contributed by atoms with Crippen molar-refractivity contribution >= 4 is 6.09 Å². The van der Waals surface area contributed by atoms with Crippen LogP contribution in [0.1, 0.15) is 30.0 Å². The molecule has 0 bridgehead atoms. The topological polar surface area (TPSA) is 73.7 Å². The second-order valence-corrected chi connectivity index (χ2v) is 4.61. The number of aliphatic hydroxyl groups excluding tert-OH is 1. The minimum atomic E-state index is -4.52. The van der Waals surface area contributed by atoms with Crippen LogP contribution >= 0.6 is 0 Å². The molecule has 2 heterocycles. The van der Waals surface area contributed by atoms with Gasteiger partial charge in [0.25, 0.3) is 0 Å². The molecule has 2 N–H and O–H groups in total. The van der Waals surface area contributed by atoms with Gasteiger partial charge >= 0.3 is 12.3 Å². The van der Waals surface area contributed by atoms with E-state index in [2.05, 4.69) is 4.98 Å². The summed E-state index contributed by atoms with van der Waals surface area (Å²) in [6.07, 6.45) is -5.74. The first-order valence-corrected chi connectivity index (χ1v) is 6.00. The second-order valence-electron chi connectivity index (χ2n) is 4.61. The van der Waals surface area contributed by atoms with E-state index in [1.54, 1.807) is 0 Å². The molecule has 1 amide bonds. The molecule has 8 heteroatoms. The molecule has 0 radical (unpaired) electrons. The first kappa shape index (κ1) is 14.6. The van der Waals surface area contributed by atoms with E-state index in [0.29, 0.717) is 0 Å². The van der Waals surface area contributed by atoms with Gasteiger partial charge < -0.3 is 10.2 Å². The minimum Gasteiger partial charge on any atom is -0.465 e. The van der Waals surface area contributed by atoms with Crippen LogP contribution in [0.2, 0.25) is 0 Å². The van der Waals surface area contributed by atoms with E-state index >= 15 is 0 Å². The third-order valence-electron chi connectivity index (χ3n) is 3.35. The van der Waals surface area contributed by atoms with E-state index in [1.165, 1.54) is 12.3 Å². The summed E-state index contributed by atoms with van der Waals surface area (Å²) < 4.78 is 38.7. The highest BCUT2D eigenvalue weighted by Gasteiger charge is 2.39. The maximum Gasteiger partial charge on any atom is 0.418 e. The number of carboxylic acid groups (broad SMARTS) is 1. The van der Waals surface area contributed by atoms with Crippen molar-refractivity contribution in [3.05, 3.63) is 29.6 Å². The number of piperidine rings is 1. The Hall–Kier alpha value is -1.83. The van der Waals surface area contributed by atoms with Gasteiger partial charge in [-0.2, -0.15) is 13.2 Å². The second kappa shape index (κ2) is 5.28. The number of aromatic nitrogens is 1. The average molecular weight is 290 g/mol. The van der Waals surface area contributed by atoms with Crippen LogP contribution in [0.4, 0.5) is 18.0 Å². The van der Waals surface area contributed by atoms with Gasteiger partial charge in [0.05, 0.1) is 11.3 Å². The Morgan fingerprint density at radius 2 is 2.15 bits per heavy atom. The fourth-order valence-corrected chi connectivity index (χ4v) is 2.40. The van der Waals surface area contributed by atoms with Crippen molar-refractivity contribution < 1.29 is 28.2 Å². The zero-order valence-electron chi connectivity index (χ0n) is 10.3. The Kier molecular flexibility index (Phi) is 3.85. The lowest BCUT2D eigenvalue weighted by Crippen LogP contribution is -2.45. The Bertz CT molecular complexity index is 507. The highest BCUT2D eigenvalue weighted by Crippen LogP contribution is 2.38. The SMILES string of the molecule is O=C(O)N1CCC(c2ncccc2C(F)(F)F)CC1O. The fraction of sp³-hybridized carbons (Fsp3) is 0.500. The highest BCUT2D eigenvalue weighted by molar-refractivity contribution is 5.65. The molecule has 0 aromatic carbocycles. The molecule has 1 aliphatic rings. The van der Waals surface area contributed by atoms with Crippen LogP contribution in [0.3, 0.4) is 0 Å². The molecule has 2 atom stereocenters. The maximum atomic E-state index is 12.9. The third kappa shape index (κ3) is 2.84. The van der Waals surface area contributed by atoms with Gasteiger partial charge in [-0.15, -0.1) is 0 Å². The Morgan fingerprint density at radius 3 is 2.70 bits per heavy atom. The van der Waals surface area contributed by atoms with E-state index in [9.17, 15) is 23.1 Å². The van der Waals surface area contributed by atoms with Crippen molar-refractivity contribution in [1.29, 1.82) is 0 Å². The molecule has 0 spiro atoms. The normalized spacial score (nSPS) is 23.7. The number of nitrogens with zero attached hydrogens (tertiary/aromatic N) is 2. The number of aliphatic hydroxyl groups is 1. The van der Waals surface area contributed by atoms with E-state index < -0.39 is 30.0 Å². The molecule has 5 nitrogen and oxygen atoms in total. The summed E-state index contributed by atoms with van der Waals surface area (Å²) in [5.41, 5.74) is -0.968. The van der Waals surface area contributed by atoms with Crippen molar-refractivity contribution in [2.45, 2.75) is 31.2 Å². The number of pyridine rings is 1. The number of rotatable bonds is 1. The first-order valence-electron chi connectivity index (χ1n) is 6.00. The van der Waals surface area contributed by atoms with Crippen LogP contribution < -0.4 is 0 Å². The van der Waals surface area contributed by atoms with E-state index in [0.717, 1.165) is 11.0 Å². The molecule has 1 saturated heterocycles. The van der Waals surface area contributed by atoms with Gasteiger partial charge in [-0.3, -0.25) is 9.88 Å². The van der Waals surface area contributed by atoms with Gasteiger partial charge in [0.1, 0.15) is 6.23 Å². The zero-order valence-corrected chi connectivity index (χ0v) is 10.3. The quantitative estimate of drug-likeness (QED) is 0.832. The maximum absolute atomic E-state index is 12.9. The average Bonchev–Trinajstić information content (AvgIpc) is 2.37. The molecule has 2 rings (SSSR count). The Morgan fingerprint density at radius 1 is 1.45 bits per heavy atom. The molecule has 2 unspecified atom stereocenters. The third-order valence-corrected chi connectivity index (χ3v) is 3.35. The molecule has 1 aromatic rings. The number of likely N-dealkylation sites (tertiary alicyclic amines) is 1. The van der Waals surface area contributed by atoms with Crippen molar-refractivity contribution in [2.24, 2.45) is 0 Å². The predicted octanol–water partition coefficient (Wildman–Crippen LogP) is 2.28. The van der Waals surface area contributed by atoms with Crippen LogP contribution in [0.15, 0.2) is 18.3 Å². The predicted molar refractivity (Wildman–Crippen MR) is 62.0 cm³/mol. The van der Waals surface area contributed by atoms with Crippen molar-refractivity contribution in [2.75, 3.05) is 6.54 Å². The van der Waals surface area contributed by atoms with Gasteiger partial charge in [-0.05, 0) is 18.6 Å². The molecule has 20 heavy (non-hydrogen) atoms. The smallest absolute Gasteiger partial charge is 0.418 e. The summed E-state index contributed by atoms with van der Waals surface area (Å²) in [5, 5.41) is 18.5. The van der Waals surface area contributed by atoms with Crippen LogP contribution in [0.25, 0.3) is 0 Å². The number of carbonyl (C=O) groups is 1. The number of halogens is 3. The number of amides is 1. The summed E-state index contributed by atoms with van der Waals surface area (Å²) in [5.74, 6) is -0.613. The summed E-state index contributed by atoms with van der Waals surface area (Å²) in [7, 11) is 0. The van der Waals surface area contributed by atoms with Crippen LogP contribution in [-0.4, -0.2) is 39.0 Å². The molecule has 0 saturated carbocycles. The summed E-state index contributed by atoms with van der Waals surface area (Å²) in [6.45, 7) is -0.0188. The van der Waals surface area contributed by atoms with Gasteiger partial charge in [0.15, 0.2) is 0 Å². The Balaban J connectivity index is 2.24. The fourth-order valence-electron chi connectivity index (χ4n) is 2.40. The van der Waals surface area contributed by atoms with E-state index in [4.69, 9.17) is 5.11 Å². The summed E-state index contributed by atoms with van der Waals surface area (Å²) >= 11 is 0. The van der Waals surface area contributed by atoms with Crippen molar-refractivity contribution in [1.82, 2.24) is 9.88 Å². The van der Waals surface area contributed by atoms with E-state index in [1.807, 2.05) is 0 Å². The lowest BCUT2D eigenvalue weighted by atomic mass is 9.89. The van der Waals surface area contributed by atoms with Crippen LogP contribution in [-0.2, 0) is 6.18 Å². The van der Waals surface area contributed by atoms with Crippen molar-refractivity contribution in [3.63, 3.8) is 0 Å². The first-order chi connectivity index (χ1) is 9.30. The molecular formula is C12H13F3N2O3. The molecule has 110 valence electrons. The van der Waals surface area contributed by atoms with Crippen molar-refractivity contribution in [3.8, 4) is 0 Å². The number of alkyl halides is 3. The monoisotopic (exact) mass is 290 g/mol.